The molecule has 210 valence electrons. The van der Waals surface area contributed by atoms with E-state index in [1.165, 1.54) is 12.1 Å². The minimum atomic E-state index is -0.649. The van der Waals surface area contributed by atoms with E-state index in [-0.39, 0.29) is 41.5 Å². The van der Waals surface area contributed by atoms with Gasteiger partial charge in [-0.15, -0.1) is 0 Å². The Morgan fingerprint density at radius 2 is 1.63 bits per heavy atom. The van der Waals surface area contributed by atoms with E-state index in [9.17, 15) is 24.6 Å². The fourth-order valence-corrected chi connectivity index (χ4v) is 4.52. The van der Waals surface area contributed by atoms with Gasteiger partial charge in [0.15, 0.2) is 5.78 Å². The van der Waals surface area contributed by atoms with Crippen LogP contribution in [0.5, 0.6) is 11.5 Å². The van der Waals surface area contributed by atoms with E-state index in [1.807, 2.05) is 56.3 Å². The van der Waals surface area contributed by atoms with Crippen molar-refractivity contribution in [2.75, 3.05) is 6.61 Å². The fourth-order valence-electron chi connectivity index (χ4n) is 4.52. The molecule has 0 saturated heterocycles. The summed E-state index contributed by atoms with van der Waals surface area (Å²) in [5, 5.41) is 22.8. The number of ketones is 1. The summed E-state index contributed by atoms with van der Waals surface area (Å²) in [5.74, 6) is -2.40. The van der Waals surface area contributed by atoms with Crippen LogP contribution in [-0.4, -0.2) is 28.6 Å². The van der Waals surface area contributed by atoms with Crippen LogP contribution in [0.25, 0.3) is 28.2 Å². The largest absolute Gasteiger partial charge is 0.507 e. The number of esters is 1. The van der Waals surface area contributed by atoms with Gasteiger partial charge >= 0.3 is 11.6 Å². The van der Waals surface area contributed by atoms with Crippen LogP contribution in [0.3, 0.4) is 0 Å². The van der Waals surface area contributed by atoms with E-state index in [4.69, 9.17) is 9.15 Å². The average molecular weight is 553 g/mol. The summed E-state index contributed by atoms with van der Waals surface area (Å²) in [4.78, 5) is 38.3. The summed E-state index contributed by atoms with van der Waals surface area (Å²) in [6, 6.07) is 19.5. The number of carbonyl (C=O) groups is 2. The number of hydrogen-bond acceptors (Lipinski definition) is 7. The highest BCUT2D eigenvalue weighted by Crippen LogP contribution is 2.44. The number of ether oxygens (including phenoxy) is 1. The van der Waals surface area contributed by atoms with Crippen LogP contribution in [0.2, 0.25) is 0 Å². The number of carbonyl (C=O) groups excluding carboxylic acids is 2. The van der Waals surface area contributed by atoms with E-state index in [1.54, 1.807) is 37.3 Å². The Kier molecular flexibility index (Phi) is 9.19. The number of rotatable bonds is 10. The number of phenolic OH excluding ortho intramolecular Hbond substituents is 2. The molecule has 0 aliphatic heterocycles. The molecule has 0 unspecified atom stereocenters. The van der Waals surface area contributed by atoms with Crippen molar-refractivity contribution in [2.24, 2.45) is 5.92 Å². The Morgan fingerprint density at radius 1 is 0.976 bits per heavy atom. The van der Waals surface area contributed by atoms with Crippen LogP contribution in [0.4, 0.5) is 0 Å². The summed E-state index contributed by atoms with van der Waals surface area (Å²) in [6.45, 7) is 5.47. The predicted molar refractivity (Wildman–Crippen MR) is 159 cm³/mol. The summed E-state index contributed by atoms with van der Waals surface area (Å²) >= 11 is 0. The maximum Gasteiger partial charge on any atom is 0.336 e. The molecule has 4 rings (SSSR count). The smallest absolute Gasteiger partial charge is 0.336 e. The molecule has 0 aliphatic rings. The summed E-state index contributed by atoms with van der Waals surface area (Å²) in [6.07, 6.45) is 4.86. The molecule has 0 aliphatic carbocycles. The lowest BCUT2D eigenvalue weighted by atomic mass is 9.90. The Balaban J connectivity index is 1.67. The molecular formula is C34H32O7. The molecule has 7 nitrogen and oxygen atoms in total. The van der Waals surface area contributed by atoms with Gasteiger partial charge in [0.2, 0.25) is 0 Å². The third-order valence-corrected chi connectivity index (χ3v) is 6.57. The molecule has 1 atom stereocenters. The minimum absolute atomic E-state index is 0.0209. The molecule has 4 aromatic rings. The number of aromatic hydroxyl groups is 2. The highest BCUT2D eigenvalue weighted by atomic mass is 16.5. The summed E-state index contributed by atoms with van der Waals surface area (Å²) in [7, 11) is 0. The van der Waals surface area contributed by atoms with Gasteiger partial charge in [0.05, 0.1) is 12.0 Å². The fraction of sp³-hybridized carbons (Fsp3) is 0.206. The third kappa shape index (κ3) is 7.00. The lowest BCUT2D eigenvalue weighted by Crippen LogP contribution is -2.15. The maximum absolute atomic E-state index is 13.5. The van der Waals surface area contributed by atoms with Crippen molar-refractivity contribution < 1.29 is 29.0 Å². The second kappa shape index (κ2) is 13.0. The molecule has 1 aromatic heterocycles. The quantitative estimate of drug-likeness (QED) is 0.0727. The first-order valence-corrected chi connectivity index (χ1v) is 13.3. The van der Waals surface area contributed by atoms with Crippen LogP contribution in [-0.2, 0) is 16.0 Å². The first-order valence-electron chi connectivity index (χ1n) is 13.3. The van der Waals surface area contributed by atoms with Gasteiger partial charge in [-0.3, -0.25) is 4.79 Å². The van der Waals surface area contributed by atoms with Crippen LogP contribution >= 0.6 is 0 Å². The zero-order valence-corrected chi connectivity index (χ0v) is 23.2. The SMILES string of the molecule is CC(C)=CCc1c(O)c(C(=O)C[C@H](C)COC(=O)C=Cc2ccccc2)c(O)c2c(-c3ccccc3)cc(=O)oc12. The van der Waals surface area contributed by atoms with E-state index in [0.29, 0.717) is 11.1 Å². The molecule has 0 radical (unpaired) electrons. The highest BCUT2D eigenvalue weighted by molar-refractivity contribution is 6.11. The molecule has 0 saturated carbocycles. The second-order valence-corrected chi connectivity index (χ2v) is 10.2. The highest BCUT2D eigenvalue weighted by Gasteiger charge is 2.28. The van der Waals surface area contributed by atoms with Crippen LogP contribution < -0.4 is 5.63 Å². The van der Waals surface area contributed by atoms with E-state index < -0.39 is 34.8 Å². The number of allylic oxidation sites excluding steroid dienone is 2. The van der Waals surface area contributed by atoms with Crippen molar-refractivity contribution in [3.8, 4) is 22.6 Å². The molecular weight excluding hydrogens is 520 g/mol. The molecule has 0 amide bonds. The Morgan fingerprint density at radius 3 is 2.29 bits per heavy atom. The topological polar surface area (TPSA) is 114 Å². The minimum Gasteiger partial charge on any atom is -0.507 e. The van der Waals surface area contributed by atoms with Gasteiger partial charge in [0.25, 0.3) is 0 Å². The lowest BCUT2D eigenvalue weighted by Gasteiger charge is -2.17. The summed E-state index contributed by atoms with van der Waals surface area (Å²) < 4.78 is 10.8. The molecule has 0 spiro atoms. The first kappa shape index (κ1) is 29.1. The van der Waals surface area contributed by atoms with Gasteiger partial charge in [-0.1, -0.05) is 79.2 Å². The van der Waals surface area contributed by atoms with Crippen molar-refractivity contribution in [3.05, 3.63) is 112 Å². The molecule has 1 heterocycles. The molecule has 2 N–H and O–H groups in total. The van der Waals surface area contributed by atoms with Crippen molar-refractivity contribution in [3.63, 3.8) is 0 Å². The number of hydrogen-bond donors (Lipinski definition) is 2. The van der Waals surface area contributed by atoms with Gasteiger partial charge in [0, 0.05) is 29.7 Å². The van der Waals surface area contributed by atoms with Crippen LogP contribution in [0, 0.1) is 5.92 Å². The molecule has 41 heavy (non-hydrogen) atoms. The van der Waals surface area contributed by atoms with Crippen molar-refractivity contribution in [1.82, 2.24) is 0 Å². The maximum atomic E-state index is 13.5. The van der Waals surface area contributed by atoms with Crippen molar-refractivity contribution in [1.29, 1.82) is 0 Å². The standard InChI is InChI=1S/C34H32O7/c1-21(2)14-16-25-32(38)31(27(35)18-22(3)20-40-28(36)17-15-23-10-6-4-7-11-23)33(39)30-26(19-29(37)41-34(25)30)24-12-8-5-9-13-24/h4-15,17,19,22,38-39H,16,18,20H2,1-3H3/t22-/m0/s1. The number of fused-ring (bicyclic) bond motifs is 1. The van der Waals surface area contributed by atoms with E-state index in [2.05, 4.69) is 0 Å². The molecule has 3 aromatic carbocycles. The van der Waals surface area contributed by atoms with E-state index in [0.717, 1.165) is 11.1 Å². The summed E-state index contributed by atoms with van der Waals surface area (Å²) in [5.41, 5.74) is 2.17. The zero-order valence-electron chi connectivity index (χ0n) is 23.2. The number of Topliss-reactive ketones (excluding diaryl/α,β-unsaturated/α-hetero) is 1. The van der Waals surface area contributed by atoms with Crippen LogP contribution in [0.1, 0.15) is 48.7 Å². The van der Waals surface area contributed by atoms with Gasteiger partial charge in [-0.2, -0.15) is 0 Å². The third-order valence-electron chi connectivity index (χ3n) is 6.57. The van der Waals surface area contributed by atoms with Gasteiger partial charge < -0.3 is 19.4 Å². The number of phenols is 2. The number of benzene rings is 3. The Hall–Kier alpha value is -4.91. The first-order chi connectivity index (χ1) is 19.7. The monoisotopic (exact) mass is 552 g/mol. The zero-order chi connectivity index (χ0) is 29.5. The predicted octanol–water partition coefficient (Wildman–Crippen LogP) is 6.85. The molecule has 0 bridgehead atoms. The lowest BCUT2D eigenvalue weighted by molar-refractivity contribution is -0.138. The normalized spacial score (nSPS) is 11.9. The van der Waals surface area contributed by atoms with Crippen molar-refractivity contribution >= 4 is 28.8 Å². The Bertz CT molecular complexity index is 1680. The molecule has 0 fully saturated rings. The molecule has 7 heteroatoms. The van der Waals surface area contributed by atoms with E-state index >= 15 is 0 Å². The average Bonchev–Trinajstić information content (AvgIpc) is 2.95. The second-order valence-electron chi connectivity index (χ2n) is 10.2. The Labute approximate surface area is 238 Å². The van der Waals surface area contributed by atoms with Gasteiger partial charge in [0.1, 0.15) is 22.6 Å². The van der Waals surface area contributed by atoms with Gasteiger partial charge in [-0.05, 0) is 43.4 Å². The van der Waals surface area contributed by atoms with Gasteiger partial charge in [-0.25, -0.2) is 9.59 Å². The van der Waals surface area contributed by atoms with Crippen LogP contribution in [0.15, 0.2) is 93.7 Å². The van der Waals surface area contributed by atoms with Crippen molar-refractivity contribution in [2.45, 2.75) is 33.6 Å².